The second-order valence-corrected chi connectivity index (χ2v) is 6.87. The van der Waals surface area contributed by atoms with Gasteiger partial charge in [-0.2, -0.15) is 0 Å². The Bertz CT molecular complexity index is 1120. The van der Waals surface area contributed by atoms with E-state index in [0.29, 0.717) is 35.5 Å². The Kier molecular flexibility index (Phi) is 4.79. The van der Waals surface area contributed by atoms with Crippen molar-refractivity contribution in [2.75, 3.05) is 13.1 Å². The molecule has 3 aromatic rings. The second-order valence-electron chi connectivity index (χ2n) is 6.87. The number of aliphatic hydroxyl groups is 1. The number of aryl methyl sites for hydroxylation is 1. The first-order valence-electron chi connectivity index (χ1n) is 9.14. The van der Waals surface area contributed by atoms with Crippen LogP contribution in [0.2, 0.25) is 0 Å². The van der Waals surface area contributed by atoms with Gasteiger partial charge in [-0.15, -0.1) is 0 Å². The monoisotopic (exact) mass is 376 g/mol. The van der Waals surface area contributed by atoms with Crippen molar-refractivity contribution in [2.24, 2.45) is 10.9 Å². The third kappa shape index (κ3) is 3.23. The molecule has 0 saturated carbocycles. The summed E-state index contributed by atoms with van der Waals surface area (Å²) in [6.45, 7) is 2.99. The van der Waals surface area contributed by atoms with Gasteiger partial charge in [0.15, 0.2) is 11.2 Å². The van der Waals surface area contributed by atoms with Gasteiger partial charge < -0.3 is 14.8 Å². The van der Waals surface area contributed by atoms with Gasteiger partial charge in [0.25, 0.3) is 0 Å². The van der Waals surface area contributed by atoms with E-state index in [0.717, 1.165) is 5.56 Å². The van der Waals surface area contributed by atoms with Crippen LogP contribution in [-0.2, 0) is 0 Å². The predicted octanol–water partition coefficient (Wildman–Crippen LogP) is 2.64. The van der Waals surface area contributed by atoms with Crippen LogP contribution in [-0.4, -0.2) is 29.8 Å². The molecular formula is C22H20N2O4. The molecule has 1 aromatic heterocycles. The van der Waals surface area contributed by atoms with Crippen LogP contribution in [0.15, 0.2) is 69.0 Å². The Morgan fingerprint density at radius 2 is 2.00 bits per heavy atom. The van der Waals surface area contributed by atoms with Crippen molar-refractivity contribution < 1.29 is 14.3 Å². The molecule has 2 unspecified atom stereocenters. The molecule has 142 valence electrons. The fraction of sp³-hybridized carbons (Fsp3) is 0.227. The maximum Gasteiger partial charge on any atom is 0.198 e. The zero-order valence-electron chi connectivity index (χ0n) is 15.4. The summed E-state index contributed by atoms with van der Waals surface area (Å²) in [5, 5.41) is 14.5. The van der Waals surface area contributed by atoms with Crippen LogP contribution in [0.1, 0.15) is 27.6 Å². The number of Topliss-reactive ketones (excluding diaryl/α,β-unsaturated/α-hetero) is 1. The number of amidine groups is 1. The Morgan fingerprint density at radius 3 is 2.71 bits per heavy atom. The smallest absolute Gasteiger partial charge is 0.198 e. The Balaban J connectivity index is 1.81. The van der Waals surface area contributed by atoms with Gasteiger partial charge >= 0.3 is 0 Å². The molecule has 2 N–H and O–H groups in total. The van der Waals surface area contributed by atoms with Crippen molar-refractivity contribution in [1.29, 1.82) is 0 Å². The molecule has 2 aromatic carbocycles. The minimum atomic E-state index is -1.38. The summed E-state index contributed by atoms with van der Waals surface area (Å²) in [5.74, 6) is -0.912. The normalized spacial score (nSPS) is 15.7. The molecule has 0 amide bonds. The standard InChI is InChI=1S/C22H20N2O4/c1-13-7-8-17-15(11-13)20(26)16(12-28-17)21(27)18(22-23-9-10-24-22)19(25)14-5-3-2-4-6-14/h2-8,11-12,18,21,27H,9-10H2,1H3,(H,23,24). The highest BCUT2D eigenvalue weighted by Gasteiger charge is 2.36. The van der Waals surface area contributed by atoms with Crippen molar-refractivity contribution >= 4 is 22.6 Å². The molecule has 0 saturated heterocycles. The van der Waals surface area contributed by atoms with E-state index in [9.17, 15) is 14.7 Å². The topological polar surface area (TPSA) is 91.9 Å². The zero-order chi connectivity index (χ0) is 19.7. The number of nitrogens with zero attached hydrogens (tertiary/aromatic N) is 1. The van der Waals surface area contributed by atoms with E-state index in [1.807, 2.05) is 19.1 Å². The van der Waals surface area contributed by atoms with Crippen molar-refractivity contribution in [3.05, 3.63) is 81.7 Å². The minimum absolute atomic E-state index is 0.0452. The molecule has 0 radical (unpaired) electrons. The molecule has 0 aliphatic carbocycles. The first-order valence-corrected chi connectivity index (χ1v) is 9.14. The summed E-state index contributed by atoms with van der Waals surface area (Å²) in [7, 11) is 0. The van der Waals surface area contributed by atoms with Gasteiger partial charge in [-0.05, 0) is 19.1 Å². The maximum absolute atomic E-state index is 13.2. The Labute approximate surface area is 161 Å². The van der Waals surface area contributed by atoms with E-state index in [1.165, 1.54) is 6.26 Å². The molecule has 1 aliphatic heterocycles. The van der Waals surface area contributed by atoms with Crippen molar-refractivity contribution in [3.63, 3.8) is 0 Å². The third-order valence-electron chi connectivity index (χ3n) is 4.92. The molecule has 0 spiro atoms. The Hall–Kier alpha value is -3.25. The molecule has 1 aliphatic rings. The number of rotatable bonds is 5. The maximum atomic E-state index is 13.2. The van der Waals surface area contributed by atoms with E-state index in [1.54, 1.807) is 36.4 Å². The van der Waals surface area contributed by atoms with Crippen LogP contribution < -0.4 is 10.7 Å². The highest BCUT2D eigenvalue weighted by atomic mass is 16.3. The fourth-order valence-corrected chi connectivity index (χ4v) is 3.47. The molecule has 6 nitrogen and oxygen atoms in total. The summed E-state index contributed by atoms with van der Waals surface area (Å²) in [6, 6.07) is 14.0. The number of carbonyl (C=O) groups is 1. The highest BCUT2D eigenvalue weighted by Crippen LogP contribution is 2.27. The average Bonchev–Trinajstić information content (AvgIpc) is 3.23. The van der Waals surface area contributed by atoms with Gasteiger partial charge in [0, 0.05) is 12.1 Å². The van der Waals surface area contributed by atoms with Gasteiger partial charge in [-0.1, -0.05) is 42.0 Å². The lowest BCUT2D eigenvalue weighted by Crippen LogP contribution is -2.38. The molecule has 28 heavy (non-hydrogen) atoms. The largest absolute Gasteiger partial charge is 0.464 e. The number of hydrogen-bond acceptors (Lipinski definition) is 6. The minimum Gasteiger partial charge on any atom is -0.464 e. The molecule has 6 heteroatoms. The lowest BCUT2D eigenvalue weighted by molar-refractivity contribution is 0.0785. The van der Waals surface area contributed by atoms with Gasteiger partial charge in [0.2, 0.25) is 0 Å². The molecule has 2 atom stereocenters. The fourth-order valence-electron chi connectivity index (χ4n) is 3.47. The summed E-state index contributed by atoms with van der Waals surface area (Å²) in [5.41, 5.74) is 1.49. The number of hydrogen-bond donors (Lipinski definition) is 2. The van der Waals surface area contributed by atoms with E-state index in [2.05, 4.69) is 10.3 Å². The van der Waals surface area contributed by atoms with E-state index >= 15 is 0 Å². The van der Waals surface area contributed by atoms with Crippen LogP contribution >= 0.6 is 0 Å². The number of fused-ring (bicyclic) bond motifs is 1. The molecule has 2 heterocycles. The van der Waals surface area contributed by atoms with Gasteiger partial charge in [-0.3, -0.25) is 14.6 Å². The van der Waals surface area contributed by atoms with Crippen molar-refractivity contribution in [1.82, 2.24) is 5.32 Å². The van der Waals surface area contributed by atoms with E-state index in [4.69, 9.17) is 4.42 Å². The van der Waals surface area contributed by atoms with Crippen LogP contribution in [0.5, 0.6) is 0 Å². The second kappa shape index (κ2) is 7.40. The van der Waals surface area contributed by atoms with E-state index in [-0.39, 0.29) is 16.8 Å². The van der Waals surface area contributed by atoms with Crippen LogP contribution in [0, 0.1) is 12.8 Å². The first kappa shape index (κ1) is 18.1. The highest BCUT2D eigenvalue weighted by molar-refractivity contribution is 6.12. The number of aliphatic imine (C=N–C) groups is 1. The molecule has 0 fully saturated rings. The average molecular weight is 376 g/mol. The number of benzene rings is 2. The molecular weight excluding hydrogens is 356 g/mol. The lowest BCUT2D eigenvalue weighted by Gasteiger charge is -2.22. The summed E-state index contributed by atoms with van der Waals surface area (Å²) in [6.07, 6.45) is -0.135. The Morgan fingerprint density at radius 1 is 1.21 bits per heavy atom. The summed E-state index contributed by atoms with van der Waals surface area (Å²) < 4.78 is 5.57. The number of aliphatic hydroxyl groups excluding tert-OH is 1. The molecule has 0 bridgehead atoms. The van der Waals surface area contributed by atoms with Crippen molar-refractivity contribution in [3.8, 4) is 0 Å². The summed E-state index contributed by atoms with van der Waals surface area (Å²) >= 11 is 0. The number of ketones is 1. The molecule has 4 rings (SSSR count). The van der Waals surface area contributed by atoms with Crippen LogP contribution in [0.3, 0.4) is 0 Å². The third-order valence-corrected chi connectivity index (χ3v) is 4.92. The SMILES string of the molecule is Cc1ccc2occ(C(O)C(C(=O)c3ccccc3)C3=NCCN3)c(=O)c2c1. The predicted molar refractivity (Wildman–Crippen MR) is 107 cm³/mol. The zero-order valence-corrected chi connectivity index (χ0v) is 15.4. The lowest BCUT2D eigenvalue weighted by atomic mass is 9.87. The van der Waals surface area contributed by atoms with Gasteiger partial charge in [0.05, 0.1) is 17.5 Å². The summed E-state index contributed by atoms with van der Waals surface area (Å²) in [4.78, 5) is 30.5. The first-order chi connectivity index (χ1) is 13.6. The van der Waals surface area contributed by atoms with Gasteiger partial charge in [-0.25, -0.2) is 0 Å². The van der Waals surface area contributed by atoms with Crippen molar-refractivity contribution in [2.45, 2.75) is 13.0 Å². The van der Waals surface area contributed by atoms with Crippen LogP contribution in [0.4, 0.5) is 0 Å². The number of carbonyl (C=O) groups excluding carboxylic acids is 1. The number of nitrogens with one attached hydrogen (secondary N) is 1. The van der Waals surface area contributed by atoms with E-state index < -0.39 is 12.0 Å². The quantitative estimate of drug-likeness (QED) is 0.668. The van der Waals surface area contributed by atoms with Crippen LogP contribution in [0.25, 0.3) is 11.0 Å². The van der Waals surface area contributed by atoms with Gasteiger partial charge in [0.1, 0.15) is 29.7 Å².